The van der Waals surface area contributed by atoms with Gasteiger partial charge < -0.3 is 10.2 Å². The van der Waals surface area contributed by atoms with E-state index in [4.69, 9.17) is 11.6 Å². The molecule has 1 fully saturated rings. The Labute approximate surface area is 206 Å². The second-order valence-electron chi connectivity index (χ2n) is 9.20. The van der Waals surface area contributed by atoms with Gasteiger partial charge in [-0.05, 0) is 89.6 Å². The van der Waals surface area contributed by atoms with E-state index < -0.39 is 0 Å². The van der Waals surface area contributed by atoms with Crippen molar-refractivity contribution in [3.05, 3.63) is 113 Å². The zero-order valence-electron chi connectivity index (χ0n) is 19.1. The summed E-state index contributed by atoms with van der Waals surface area (Å²) in [5.74, 6) is 1.14. The van der Waals surface area contributed by atoms with Gasteiger partial charge in [-0.2, -0.15) is 5.26 Å². The molecule has 34 heavy (non-hydrogen) atoms. The van der Waals surface area contributed by atoms with Crippen LogP contribution in [0.2, 0.25) is 5.02 Å². The Hall–Kier alpha value is -3.32. The summed E-state index contributed by atoms with van der Waals surface area (Å²) in [7, 11) is 0. The fourth-order valence-electron chi connectivity index (χ4n) is 5.09. The van der Waals surface area contributed by atoms with Crippen molar-refractivity contribution >= 4 is 28.1 Å². The molecule has 0 spiro atoms. The van der Waals surface area contributed by atoms with E-state index in [1.807, 2.05) is 24.3 Å². The maximum Gasteiger partial charge on any atom is 0.0998 e. The van der Waals surface area contributed by atoms with Crippen molar-refractivity contribution in [1.29, 1.82) is 5.26 Å². The third kappa shape index (κ3) is 5.09. The first kappa shape index (κ1) is 22.5. The summed E-state index contributed by atoms with van der Waals surface area (Å²) in [6.07, 6.45) is 1.09. The van der Waals surface area contributed by atoms with Crippen LogP contribution in [0, 0.1) is 23.2 Å². The lowest BCUT2D eigenvalue weighted by Crippen LogP contribution is -2.33. The van der Waals surface area contributed by atoms with Crippen molar-refractivity contribution in [3.63, 3.8) is 0 Å². The maximum atomic E-state index is 9.57. The Morgan fingerprint density at radius 3 is 2.44 bits per heavy atom. The summed E-state index contributed by atoms with van der Waals surface area (Å²) in [5, 5.41) is 16.1. The number of nitriles is 1. The fraction of sp³-hybridized carbons (Fsp3) is 0.233. The number of benzene rings is 4. The molecule has 1 N–H and O–H groups in total. The SMILES string of the molecule is N#Cc1cccc2ccc(CN(CC3CNCC3Cc3ccccc3)c3ccc(Cl)cc3)cc12. The molecule has 0 aromatic heterocycles. The first-order valence-corrected chi connectivity index (χ1v) is 12.2. The average Bonchev–Trinajstić information content (AvgIpc) is 3.30. The van der Waals surface area contributed by atoms with Gasteiger partial charge >= 0.3 is 0 Å². The van der Waals surface area contributed by atoms with E-state index >= 15 is 0 Å². The number of fused-ring (bicyclic) bond motifs is 1. The molecule has 1 saturated heterocycles. The van der Waals surface area contributed by atoms with Crippen LogP contribution in [0.5, 0.6) is 0 Å². The van der Waals surface area contributed by atoms with Crippen LogP contribution in [0.15, 0.2) is 91.0 Å². The summed E-state index contributed by atoms with van der Waals surface area (Å²) in [5.41, 5.74) is 4.50. The van der Waals surface area contributed by atoms with Crippen LogP contribution in [0.1, 0.15) is 16.7 Å². The van der Waals surface area contributed by atoms with Crippen LogP contribution in [-0.2, 0) is 13.0 Å². The molecule has 0 radical (unpaired) electrons. The molecule has 1 aliphatic heterocycles. The van der Waals surface area contributed by atoms with Crippen molar-refractivity contribution < 1.29 is 0 Å². The van der Waals surface area contributed by atoms with Gasteiger partial charge in [0.15, 0.2) is 0 Å². The summed E-state index contributed by atoms with van der Waals surface area (Å²) >= 11 is 6.20. The normalized spacial score (nSPS) is 17.5. The van der Waals surface area contributed by atoms with Gasteiger partial charge in [0, 0.05) is 23.8 Å². The molecule has 0 saturated carbocycles. The lowest BCUT2D eigenvalue weighted by Gasteiger charge is -2.30. The van der Waals surface area contributed by atoms with E-state index in [1.165, 1.54) is 16.8 Å². The number of hydrogen-bond donors (Lipinski definition) is 1. The van der Waals surface area contributed by atoms with E-state index in [2.05, 4.69) is 83.0 Å². The number of anilines is 1. The van der Waals surface area contributed by atoms with Crippen LogP contribution >= 0.6 is 11.6 Å². The third-order valence-corrected chi connectivity index (χ3v) is 7.16. The van der Waals surface area contributed by atoms with Gasteiger partial charge in [0.1, 0.15) is 0 Å². The molecule has 2 unspecified atom stereocenters. The van der Waals surface area contributed by atoms with Crippen LogP contribution < -0.4 is 10.2 Å². The van der Waals surface area contributed by atoms with Crippen LogP contribution in [0.25, 0.3) is 10.8 Å². The molecule has 0 amide bonds. The zero-order valence-corrected chi connectivity index (χ0v) is 19.9. The predicted molar refractivity (Wildman–Crippen MR) is 141 cm³/mol. The van der Waals surface area contributed by atoms with Gasteiger partial charge in [-0.25, -0.2) is 0 Å². The lowest BCUT2D eigenvalue weighted by atomic mass is 9.89. The van der Waals surface area contributed by atoms with Crippen LogP contribution in [0.4, 0.5) is 5.69 Å². The number of rotatable bonds is 7. The summed E-state index contributed by atoms with van der Waals surface area (Å²) in [6.45, 7) is 3.82. The first-order valence-electron chi connectivity index (χ1n) is 11.9. The van der Waals surface area contributed by atoms with E-state index in [0.717, 1.165) is 54.0 Å². The number of nitrogens with one attached hydrogen (secondary N) is 1. The fourth-order valence-corrected chi connectivity index (χ4v) is 5.22. The molecule has 4 aromatic carbocycles. The summed E-state index contributed by atoms with van der Waals surface area (Å²) in [4.78, 5) is 2.46. The van der Waals surface area contributed by atoms with Crippen molar-refractivity contribution in [2.75, 3.05) is 24.5 Å². The van der Waals surface area contributed by atoms with E-state index in [9.17, 15) is 5.26 Å². The molecule has 1 heterocycles. The molecule has 0 bridgehead atoms. The zero-order chi connectivity index (χ0) is 23.3. The Bertz CT molecular complexity index is 1290. The molecular weight excluding hydrogens is 438 g/mol. The van der Waals surface area contributed by atoms with Crippen LogP contribution in [0.3, 0.4) is 0 Å². The van der Waals surface area contributed by atoms with Crippen molar-refractivity contribution in [1.82, 2.24) is 5.32 Å². The van der Waals surface area contributed by atoms with E-state index in [-0.39, 0.29) is 0 Å². The monoisotopic (exact) mass is 465 g/mol. The molecule has 0 aliphatic carbocycles. The molecule has 1 aliphatic rings. The van der Waals surface area contributed by atoms with Crippen LogP contribution in [-0.4, -0.2) is 19.6 Å². The highest BCUT2D eigenvalue weighted by molar-refractivity contribution is 6.30. The first-order chi connectivity index (χ1) is 16.7. The lowest BCUT2D eigenvalue weighted by molar-refractivity contribution is 0.413. The molecule has 170 valence electrons. The third-order valence-electron chi connectivity index (χ3n) is 6.91. The second-order valence-corrected chi connectivity index (χ2v) is 9.63. The van der Waals surface area contributed by atoms with Crippen molar-refractivity contribution in [2.45, 2.75) is 13.0 Å². The number of hydrogen-bond acceptors (Lipinski definition) is 3. The Balaban J connectivity index is 1.41. The maximum absolute atomic E-state index is 9.57. The molecule has 4 aromatic rings. The molecule has 3 nitrogen and oxygen atoms in total. The highest BCUT2D eigenvalue weighted by atomic mass is 35.5. The van der Waals surface area contributed by atoms with E-state index in [0.29, 0.717) is 11.8 Å². The average molecular weight is 466 g/mol. The van der Waals surface area contributed by atoms with Gasteiger partial charge in [0.25, 0.3) is 0 Å². The van der Waals surface area contributed by atoms with Gasteiger partial charge in [-0.3, -0.25) is 0 Å². The Kier molecular flexibility index (Phi) is 6.81. The van der Waals surface area contributed by atoms with E-state index in [1.54, 1.807) is 0 Å². The largest absolute Gasteiger partial charge is 0.367 e. The quantitative estimate of drug-likeness (QED) is 0.341. The smallest absolute Gasteiger partial charge is 0.0998 e. The summed E-state index contributed by atoms with van der Waals surface area (Å²) < 4.78 is 0. The Morgan fingerprint density at radius 2 is 1.65 bits per heavy atom. The Morgan fingerprint density at radius 1 is 0.853 bits per heavy atom. The van der Waals surface area contributed by atoms with Gasteiger partial charge in [-0.1, -0.05) is 66.2 Å². The minimum atomic E-state index is 0.547. The standard InChI is InChI=1S/C30H28ClN3/c31-28-11-13-29(14-12-28)34(20-23-9-10-24-7-4-8-25(17-32)30(24)16-23)21-27-19-33-18-26(27)15-22-5-2-1-3-6-22/h1-14,16,26-27,33H,15,18-21H2. The topological polar surface area (TPSA) is 39.1 Å². The second kappa shape index (κ2) is 10.3. The minimum Gasteiger partial charge on any atom is -0.367 e. The van der Waals surface area contributed by atoms with Gasteiger partial charge in [0.05, 0.1) is 11.6 Å². The number of nitrogens with zero attached hydrogens (tertiary/aromatic N) is 2. The molecule has 4 heteroatoms. The van der Waals surface area contributed by atoms with Crippen molar-refractivity contribution in [3.8, 4) is 6.07 Å². The van der Waals surface area contributed by atoms with Gasteiger partial charge in [0.2, 0.25) is 0 Å². The highest BCUT2D eigenvalue weighted by Gasteiger charge is 2.29. The molecule has 5 rings (SSSR count). The molecule has 2 atom stereocenters. The molecular formula is C30H28ClN3. The van der Waals surface area contributed by atoms with Crippen molar-refractivity contribution in [2.24, 2.45) is 11.8 Å². The minimum absolute atomic E-state index is 0.547. The predicted octanol–water partition coefficient (Wildman–Crippen LogP) is 6.45. The van der Waals surface area contributed by atoms with Gasteiger partial charge in [-0.15, -0.1) is 0 Å². The highest BCUT2D eigenvalue weighted by Crippen LogP contribution is 2.28. The number of halogens is 1. The summed E-state index contributed by atoms with van der Waals surface area (Å²) in [6, 6.07) is 33.7.